The molecule has 1 unspecified atom stereocenters. The molecule has 5 heteroatoms. The summed E-state index contributed by atoms with van der Waals surface area (Å²) >= 11 is 3.21. The maximum atomic E-state index is 11.2. The van der Waals surface area contributed by atoms with Gasteiger partial charge in [0.05, 0.1) is 4.90 Å². The number of benzene rings is 1. The third-order valence-corrected chi connectivity index (χ3v) is 2.83. The first-order chi connectivity index (χ1) is 6.39. The zero-order valence-electron chi connectivity index (χ0n) is 7.90. The van der Waals surface area contributed by atoms with Crippen LogP contribution in [0, 0.1) is 0 Å². The van der Waals surface area contributed by atoms with Crippen molar-refractivity contribution in [2.24, 2.45) is 0 Å². The van der Waals surface area contributed by atoms with Crippen molar-refractivity contribution in [3.8, 4) is 5.75 Å². The van der Waals surface area contributed by atoms with Crippen LogP contribution in [0.1, 0.15) is 6.92 Å². The number of ether oxygens (including phenoxy) is 1. The molecule has 0 saturated heterocycles. The number of hydrogen-bond acceptors (Lipinski definition) is 3. The first-order valence-electron chi connectivity index (χ1n) is 4.00. The minimum absolute atomic E-state index is 0.141. The summed E-state index contributed by atoms with van der Waals surface area (Å²) in [6, 6.07) is 6.42. The van der Waals surface area contributed by atoms with Gasteiger partial charge in [0.25, 0.3) is 0 Å². The van der Waals surface area contributed by atoms with Gasteiger partial charge in [-0.15, -0.1) is 0 Å². The zero-order valence-corrected chi connectivity index (χ0v) is 10.3. The van der Waals surface area contributed by atoms with E-state index >= 15 is 0 Å². The highest BCUT2D eigenvalue weighted by atomic mass is 79.9. The van der Waals surface area contributed by atoms with Crippen LogP contribution in [0.3, 0.4) is 0 Å². The molecule has 1 atom stereocenters. The molecule has 0 amide bonds. The summed E-state index contributed by atoms with van der Waals surface area (Å²) in [5, 5.41) is -0.141. The van der Waals surface area contributed by atoms with Crippen LogP contribution < -0.4 is 4.74 Å². The Morgan fingerprint density at radius 3 is 2.57 bits per heavy atom. The molecular formula is C9H11BrO3S. The van der Waals surface area contributed by atoms with Crippen LogP contribution in [-0.2, 0) is 9.84 Å². The quantitative estimate of drug-likeness (QED) is 0.797. The van der Waals surface area contributed by atoms with E-state index in [9.17, 15) is 8.42 Å². The number of halogens is 1. The molecule has 0 N–H and O–H groups in total. The molecule has 0 fully saturated rings. The van der Waals surface area contributed by atoms with Gasteiger partial charge in [-0.2, -0.15) is 0 Å². The summed E-state index contributed by atoms with van der Waals surface area (Å²) in [7, 11) is -3.16. The lowest BCUT2D eigenvalue weighted by molar-refractivity contribution is 0.313. The summed E-state index contributed by atoms with van der Waals surface area (Å²) in [4.78, 5) is 0.267. The van der Waals surface area contributed by atoms with Crippen LogP contribution in [0.5, 0.6) is 5.75 Å². The predicted octanol–water partition coefficient (Wildman–Crippen LogP) is 2.21. The normalized spacial score (nSPS) is 13.6. The van der Waals surface area contributed by atoms with Gasteiger partial charge in [-0.1, -0.05) is 6.07 Å². The summed E-state index contributed by atoms with van der Waals surface area (Å²) in [6.45, 7) is 1.81. The lowest BCUT2D eigenvalue weighted by atomic mass is 10.3. The molecule has 14 heavy (non-hydrogen) atoms. The second-order valence-electron chi connectivity index (χ2n) is 2.91. The fourth-order valence-electron chi connectivity index (χ4n) is 0.966. The minimum Gasteiger partial charge on any atom is -0.480 e. The highest BCUT2D eigenvalue weighted by molar-refractivity contribution is 9.09. The summed E-state index contributed by atoms with van der Waals surface area (Å²) < 4.78 is 27.7. The highest BCUT2D eigenvalue weighted by Crippen LogP contribution is 2.19. The molecule has 0 spiro atoms. The molecule has 3 nitrogen and oxygen atoms in total. The zero-order chi connectivity index (χ0) is 10.8. The second kappa shape index (κ2) is 4.31. The molecule has 0 aromatic heterocycles. The Morgan fingerprint density at radius 2 is 2.07 bits per heavy atom. The van der Waals surface area contributed by atoms with Crippen LogP contribution in [0.4, 0.5) is 0 Å². The van der Waals surface area contributed by atoms with E-state index in [-0.39, 0.29) is 9.91 Å². The molecule has 1 aromatic rings. The number of sulfone groups is 1. The number of hydrogen-bond donors (Lipinski definition) is 0. The second-order valence-corrected chi connectivity index (χ2v) is 6.21. The van der Waals surface area contributed by atoms with Gasteiger partial charge >= 0.3 is 0 Å². The topological polar surface area (TPSA) is 43.4 Å². The molecule has 0 bridgehead atoms. The van der Waals surface area contributed by atoms with Crippen LogP contribution in [0.25, 0.3) is 0 Å². The number of alkyl halides is 1. The minimum atomic E-state index is -3.16. The van der Waals surface area contributed by atoms with Crippen molar-refractivity contribution in [1.29, 1.82) is 0 Å². The molecular weight excluding hydrogens is 268 g/mol. The lowest BCUT2D eigenvalue weighted by Crippen LogP contribution is -2.03. The van der Waals surface area contributed by atoms with E-state index < -0.39 is 9.84 Å². The van der Waals surface area contributed by atoms with Gasteiger partial charge in [0, 0.05) is 6.26 Å². The Kier molecular flexibility index (Phi) is 3.55. The van der Waals surface area contributed by atoms with E-state index in [1.165, 1.54) is 12.3 Å². The largest absolute Gasteiger partial charge is 0.480 e. The Bertz CT molecular complexity index is 412. The van der Waals surface area contributed by atoms with Crippen molar-refractivity contribution in [2.75, 3.05) is 6.26 Å². The van der Waals surface area contributed by atoms with Crippen molar-refractivity contribution >= 4 is 25.8 Å². The molecule has 0 aliphatic rings. The van der Waals surface area contributed by atoms with Gasteiger partial charge in [-0.3, -0.25) is 0 Å². The van der Waals surface area contributed by atoms with Gasteiger partial charge in [0.2, 0.25) is 0 Å². The highest BCUT2D eigenvalue weighted by Gasteiger charge is 2.08. The van der Waals surface area contributed by atoms with Gasteiger partial charge in [-0.05, 0) is 41.1 Å². The van der Waals surface area contributed by atoms with Crippen LogP contribution in [0.2, 0.25) is 0 Å². The molecule has 1 aromatic carbocycles. The fraction of sp³-hybridized carbons (Fsp3) is 0.333. The van der Waals surface area contributed by atoms with Gasteiger partial charge in [0.15, 0.2) is 14.9 Å². The Hall–Kier alpha value is -0.550. The van der Waals surface area contributed by atoms with E-state index in [1.54, 1.807) is 18.2 Å². The Labute approximate surface area is 92.1 Å². The summed E-state index contributed by atoms with van der Waals surface area (Å²) in [5.41, 5.74) is 0. The van der Waals surface area contributed by atoms with Crippen LogP contribution in [0.15, 0.2) is 29.2 Å². The average Bonchev–Trinajstić information content (AvgIpc) is 2.01. The average molecular weight is 279 g/mol. The van der Waals surface area contributed by atoms with Crippen LogP contribution >= 0.6 is 15.9 Å². The van der Waals surface area contributed by atoms with E-state index in [1.807, 2.05) is 6.92 Å². The maximum Gasteiger partial charge on any atom is 0.175 e. The third-order valence-electron chi connectivity index (χ3n) is 1.53. The first kappa shape index (κ1) is 11.5. The lowest BCUT2D eigenvalue weighted by Gasteiger charge is -2.08. The SMILES string of the molecule is CC(Br)Oc1cccc(S(C)(=O)=O)c1. The number of rotatable bonds is 3. The Morgan fingerprint density at radius 1 is 1.43 bits per heavy atom. The maximum absolute atomic E-state index is 11.2. The van der Waals surface area contributed by atoms with Crippen molar-refractivity contribution in [3.05, 3.63) is 24.3 Å². The molecule has 0 radical (unpaired) electrons. The third kappa shape index (κ3) is 3.31. The van der Waals surface area contributed by atoms with Gasteiger partial charge in [-0.25, -0.2) is 8.42 Å². The van der Waals surface area contributed by atoms with Gasteiger partial charge in [0.1, 0.15) is 5.75 Å². The van der Waals surface area contributed by atoms with Crippen molar-refractivity contribution < 1.29 is 13.2 Å². The van der Waals surface area contributed by atoms with E-state index in [0.717, 1.165) is 0 Å². The predicted molar refractivity (Wildman–Crippen MR) is 58.6 cm³/mol. The van der Waals surface area contributed by atoms with E-state index in [2.05, 4.69) is 15.9 Å². The fourth-order valence-corrected chi connectivity index (χ4v) is 1.84. The molecule has 0 aliphatic heterocycles. The van der Waals surface area contributed by atoms with Crippen molar-refractivity contribution in [1.82, 2.24) is 0 Å². The molecule has 0 aliphatic carbocycles. The molecule has 1 rings (SSSR count). The summed E-state index contributed by atoms with van der Waals surface area (Å²) in [6.07, 6.45) is 1.17. The first-order valence-corrected chi connectivity index (χ1v) is 6.81. The van der Waals surface area contributed by atoms with Crippen molar-refractivity contribution in [2.45, 2.75) is 16.8 Å². The van der Waals surface area contributed by atoms with E-state index in [4.69, 9.17) is 4.74 Å². The molecule has 78 valence electrons. The molecule has 0 saturated carbocycles. The smallest absolute Gasteiger partial charge is 0.175 e. The van der Waals surface area contributed by atoms with Crippen LogP contribution in [-0.4, -0.2) is 19.7 Å². The molecule has 0 heterocycles. The van der Waals surface area contributed by atoms with E-state index in [0.29, 0.717) is 5.75 Å². The standard InChI is InChI=1S/C9H11BrO3S/c1-7(10)13-8-4-3-5-9(6-8)14(2,11)12/h3-7H,1-2H3. The monoisotopic (exact) mass is 278 g/mol. The Balaban J connectivity index is 3.02. The van der Waals surface area contributed by atoms with Crippen molar-refractivity contribution in [3.63, 3.8) is 0 Å². The summed E-state index contributed by atoms with van der Waals surface area (Å²) in [5.74, 6) is 0.539. The van der Waals surface area contributed by atoms with Gasteiger partial charge < -0.3 is 4.74 Å².